The van der Waals surface area contributed by atoms with E-state index < -0.39 is 0 Å². The summed E-state index contributed by atoms with van der Waals surface area (Å²) in [6.07, 6.45) is 2.52. The van der Waals surface area contributed by atoms with Gasteiger partial charge in [0.05, 0.1) is 23.8 Å². The quantitative estimate of drug-likeness (QED) is 0.312. The van der Waals surface area contributed by atoms with Crippen LogP contribution in [0.2, 0.25) is 0 Å². The minimum Gasteiger partial charge on any atom is -0.495 e. The maximum Gasteiger partial charge on any atom is 0.231 e. The number of hydrogen-bond acceptors (Lipinski definition) is 4. The van der Waals surface area contributed by atoms with Gasteiger partial charge in [0.1, 0.15) is 5.75 Å². The smallest absolute Gasteiger partial charge is 0.231 e. The van der Waals surface area contributed by atoms with Gasteiger partial charge in [-0.3, -0.25) is 14.3 Å². The van der Waals surface area contributed by atoms with Crippen molar-refractivity contribution >= 4 is 45.8 Å². The van der Waals surface area contributed by atoms with Crippen molar-refractivity contribution in [1.29, 1.82) is 0 Å². The van der Waals surface area contributed by atoms with Crippen LogP contribution in [0.25, 0.3) is 21.8 Å². The van der Waals surface area contributed by atoms with E-state index in [2.05, 4.69) is 46.2 Å². The molecule has 1 aliphatic rings. The molecule has 1 saturated heterocycles. The first-order valence-electron chi connectivity index (χ1n) is 11.9. The zero-order valence-electron chi connectivity index (χ0n) is 19.7. The van der Waals surface area contributed by atoms with Crippen LogP contribution < -0.4 is 9.64 Å². The molecule has 0 N–H and O–H groups in total. The first-order chi connectivity index (χ1) is 16.3. The van der Waals surface area contributed by atoms with Crippen LogP contribution in [0.1, 0.15) is 24.1 Å². The normalized spacial score (nSPS) is 14.3. The average Bonchev–Trinajstić information content (AvgIpc) is 3.21. The van der Waals surface area contributed by atoms with Crippen molar-refractivity contribution < 1.29 is 9.53 Å². The van der Waals surface area contributed by atoms with E-state index in [9.17, 15) is 4.79 Å². The zero-order chi connectivity index (χ0) is 22.6. The average molecular weight is 478 g/mol. The molecule has 1 aliphatic heterocycles. The third kappa shape index (κ3) is 4.77. The molecule has 2 heterocycles. The third-order valence-electron chi connectivity index (χ3n) is 6.74. The molecule has 3 aromatic carbocycles. The molecule has 34 heavy (non-hydrogen) atoms. The Hall–Kier alpha value is -3.02. The molecule has 178 valence electrons. The van der Waals surface area contributed by atoms with Crippen molar-refractivity contribution in [2.24, 2.45) is 0 Å². The molecule has 0 atom stereocenters. The summed E-state index contributed by atoms with van der Waals surface area (Å²) in [6, 6.07) is 24.6. The molecule has 6 heteroatoms. The maximum absolute atomic E-state index is 13.2. The van der Waals surface area contributed by atoms with Gasteiger partial charge in [0.15, 0.2) is 0 Å². The van der Waals surface area contributed by atoms with Crippen LogP contribution >= 0.6 is 12.4 Å². The zero-order valence-corrected chi connectivity index (χ0v) is 20.5. The van der Waals surface area contributed by atoms with Crippen molar-refractivity contribution in [3.05, 3.63) is 72.8 Å². The second-order valence-electron chi connectivity index (χ2n) is 8.72. The summed E-state index contributed by atoms with van der Waals surface area (Å²) in [5.41, 5.74) is 3.20. The van der Waals surface area contributed by atoms with Crippen LogP contribution in [0, 0.1) is 0 Å². The van der Waals surface area contributed by atoms with Crippen LogP contribution in [0.5, 0.6) is 5.75 Å². The number of piperazine rings is 1. The maximum atomic E-state index is 13.2. The number of aromatic nitrogens is 1. The van der Waals surface area contributed by atoms with Gasteiger partial charge in [-0.1, -0.05) is 48.5 Å². The fourth-order valence-electron chi connectivity index (χ4n) is 5.02. The Bertz CT molecular complexity index is 1210. The Morgan fingerprint density at radius 1 is 0.794 bits per heavy atom. The highest BCUT2D eigenvalue weighted by molar-refractivity contribution is 6.13. The Morgan fingerprint density at radius 2 is 1.38 bits per heavy atom. The third-order valence-corrected chi connectivity index (χ3v) is 6.74. The lowest BCUT2D eigenvalue weighted by Crippen LogP contribution is -2.46. The summed E-state index contributed by atoms with van der Waals surface area (Å²) < 4.78 is 7.44. The van der Waals surface area contributed by atoms with E-state index in [1.54, 1.807) is 7.11 Å². The molecule has 0 radical (unpaired) electrons. The van der Waals surface area contributed by atoms with Crippen molar-refractivity contribution in [3.63, 3.8) is 0 Å². The lowest BCUT2D eigenvalue weighted by atomic mass is 10.2. The van der Waals surface area contributed by atoms with Crippen molar-refractivity contribution in [3.8, 4) is 5.75 Å². The lowest BCUT2D eigenvalue weighted by Gasteiger charge is -2.36. The number of hydrogen-bond donors (Lipinski definition) is 0. The predicted octanol–water partition coefficient (Wildman–Crippen LogP) is 5.86. The van der Waals surface area contributed by atoms with Gasteiger partial charge >= 0.3 is 0 Å². The van der Waals surface area contributed by atoms with Crippen LogP contribution in [0.15, 0.2) is 72.8 Å². The van der Waals surface area contributed by atoms with E-state index in [1.165, 1.54) is 5.69 Å². The van der Waals surface area contributed by atoms with Gasteiger partial charge in [-0.25, -0.2) is 0 Å². The molecular weight excluding hydrogens is 446 g/mol. The van der Waals surface area contributed by atoms with E-state index in [0.29, 0.717) is 6.42 Å². The van der Waals surface area contributed by atoms with Gasteiger partial charge in [0, 0.05) is 43.4 Å². The number of anilines is 1. The number of carbonyl (C=O) groups is 1. The van der Waals surface area contributed by atoms with Crippen molar-refractivity contribution in [2.45, 2.75) is 19.3 Å². The van der Waals surface area contributed by atoms with Crippen molar-refractivity contribution in [1.82, 2.24) is 9.47 Å². The number of rotatable bonds is 7. The fraction of sp³-hybridized carbons (Fsp3) is 0.321. The molecule has 1 fully saturated rings. The molecule has 1 aromatic heterocycles. The number of nitrogens with zero attached hydrogens (tertiary/aromatic N) is 3. The molecule has 0 unspecified atom stereocenters. The monoisotopic (exact) mass is 477 g/mol. The number of para-hydroxylation sites is 4. The summed E-state index contributed by atoms with van der Waals surface area (Å²) in [5.74, 6) is 1.13. The van der Waals surface area contributed by atoms with Crippen LogP contribution in [0.4, 0.5) is 5.69 Å². The first kappa shape index (κ1) is 24.1. The SMILES string of the molecule is COc1ccccc1N1CCN(CCCCC(=O)n2c3ccccc3c3ccccc32)CC1.Cl. The predicted molar refractivity (Wildman–Crippen MR) is 143 cm³/mol. The van der Waals surface area contributed by atoms with E-state index >= 15 is 0 Å². The molecule has 0 amide bonds. The van der Waals surface area contributed by atoms with E-state index in [0.717, 1.165) is 73.1 Å². The number of halogens is 1. The van der Waals surface area contributed by atoms with Crippen LogP contribution in [-0.2, 0) is 0 Å². The van der Waals surface area contributed by atoms with Gasteiger partial charge in [-0.2, -0.15) is 0 Å². The molecular formula is C28H32ClN3O2. The highest BCUT2D eigenvalue weighted by Gasteiger charge is 2.20. The van der Waals surface area contributed by atoms with Gasteiger partial charge in [0.2, 0.25) is 5.91 Å². The highest BCUT2D eigenvalue weighted by Crippen LogP contribution is 2.30. The van der Waals surface area contributed by atoms with Gasteiger partial charge < -0.3 is 9.64 Å². The Balaban J connectivity index is 0.00000274. The van der Waals surface area contributed by atoms with E-state index in [1.807, 2.05) is 41.0 Å². The number of benzene rings is 3. The summed E-state index contributed by atoms with van der Waals surface area (Å²) in [6.45, 7) is 5.12. The second-order valence-corrected chi connectivity index (χ2v) is 8.72. The summed E-state index contributed by atoms with van der Waals surface area (Å²) >= 11 is 0. The Kier molecular flexibility index (Phi) is 7.76. The Labute approximate surface area is 207 Å². The number of carbonyl (C=O) groups excluding carboxylic acids is 1. The number of fused-ring (bicyclic) bond motifs is 3. The minimum absolute atomic E-state index is 0. The van der Waals surface area contributed by atoms with Gasteiger partial charge in [0.25, 0.3) is 0 Å². The summed E-state index contributed by atoms with van der Waals surface area (Å²) in [4.78, 5) is 18.1. The van der Waals surface area contributed by atoms with E-state index in [4.69, 9.17) is 4.74 Å². The highest BCUT2D eigenvalue weighted by atomic mass is 35.5. The topological polar surface area (TPSA) is 37.7 Å². The van der Waals surface area contributed by atoms with E-state index in [-0.39, 0.29) is 18.3 Å². The summed E-state index contributed by atoms with van der Waals surface area (Å²) in [5, 5.41) is 2.30. The van der Waals surface area contributed by atoms with Gasteiger partial charge in [-0.15, -0.1) is 12.4 Å². The molecule has 0 bridgehead atoms. The minimum atomic E-state index is 0. The fourth-order valence-corrected chi connectivity index (χ4v) is 5.02. The second kappa shape index (κ2) is 10.9. The molecule has 5 rings (SSSR count). The molecule has 5 nitrogen and oxygen atoms in total. The van der Waals surface area contributed by atoms with Crippen molar-refractivity contribution in [2.75, 3.05) is 44.7 Å². The first-order valence-corrected chi connectivity index (χ1v) is 11.9. The number of unbranched alkanes of at least 4 members (excludes halogenated alkanes) is 1. The van der Waals surface area contributed by atoms with Gasteiger partial charge in [-0.05, 0) is 43.7 Å². The molecule has 0 spiro atoms. The standard InChI is InChI=1S/C28H31N3O2.ClH/c1-33-27-15-7-6-14-26(27)30-20-18-29(19-21-30)17-9-8-16-28(32)31-24-12-4-2-10-22(24)23-11-3-5-13-25(23)31;/h2-7,10-15H,8-9,16-21H2,1H3;1H. The number of methoxy groups -OCH3 is 1. The number of ether oxygens (including phenoxy) is 1. The lowest BCUT2D eigenvalue weighted by molar-refractivity contribution is 0.0908. The van der Waals surface area contributed by atoms with Crippen LogP contribution in [-0.4, -0.2) is 55.2 Å². The molecule has 4 aromatic rings. The summed E-state index contributed by atoms with van der Waals surface area (Å²) in [7, 11) is 1.73. The molecule has 0 aliphatic carbocycles. The van der Waals surface area contributed by atoms with Crippen LogP contribution in [0.3, 0.4) is 0 Å². The molecule has 0 saturated carbocycles. The Morgan fingerprint density at radius 3 is 2.03 bits per heavy atom. The largest absolute Gasteiger partial charge is 0.495 e.